The molecule has 1 fully saturated rings. The Hall–Kier alpha value is -1.82. The minimum absolute atomic E-state index is 0. The van der Waals surface area contributed by atoms with E-state index in [2.05, 4.69) is 0 Å². The highest BCUT2D eigenvalue weighted by Crippen LogP contribution is 2.16. The third-order valence-electron chi connectivity index (χ3n) is 4.27. The Morgan fingerprint density at radius 3 is 2.72 bits per heavy atom. The predicted octanol–water partition coefficient (Wildman–Crippen LogP) is 2.54. The molecule has 1 atom stereocenters. The molecule has 2 N–H and O–H groups in total. The molecule has 0 saturated carbocycles. The van der Waals surface area contributed by atoms with Gasteiger partial charge in [-0.2, -0.15) is 0 Å². The summed E-state index contributed by atoms with van der Waals surface area (Å²) in [6, 6.07) is 10.4. The van der Waals surface area contributed by atoms with Crippen LogP contribution >= 0.6 is 24.0 Å². The molecular weight excluding hydrogens is 361 g/mol. The van der Waals surface area contributed by atoms with Gasteiger partial charge in [0.2, 0.25) is 0 Å². The maximum absolute atomic E-state index is 12.7. The number of aromatic nitrogens is 1. The minimum Gasteiger partial charge on any atom is -0.337 e. The number of piperidine rings is 1. The van der Waals surface area contributed by atoms with Gasteiger partial charge in [-0.1, -0.05) is 29.8 Å². The number of hydrogen-bond acceptors (Lipinski definition) is 3. The standard InChI is InChI=1S/C18H20ClN3O2.ClH/c19-16-6-2-1-4-13(16)10-22-11-14(7-8-17(22)23)18(24)21-9-3-5-15(20)12-21;/h1-2,4,6-8,11,15H,3,5,9-10,12,20H2;1H. The van der Waals surface area contributed by atoms with Crippen molar-refractivity contribution in [3.8, 4) is 0 Å². The number of nitrogens with two attached hydrogens (primary N) is 1. The number of pyridine rings is 1. The van der Waals surface area contributed by atoms with Gasteiger partial charge < -0.3 is 15.2 Å². The largest absolute Gasteiger partial charge is 0.337 e. The normalized spacial score (nSPS) is 17.0. The summed E-state index contributed by atoms with van der Waals surface area (Å²) in [6.07, 6.45) is 3.45. The first-order valence-electron chi connectivity index (χ1n) is 8.03. The molecular formula is C18H21Cl2N3O2. The Morgan fingerprint density at radius 1 is 1.24 bits per heavy atom. The number of carbonyl (C=O) groups is 1. The van der Waals surface area contributed by atoms with Crippen LogP contribution in [0.5, 0.6) is 0 Å². The van der Waals surface area contributed by atoms with E-state index in [4.69, 9.17) is 17.3 Å². The highest BCUT2D eigenvalue weighted by molar-refractivity contribution is 6.31. The minimum atomic E-state index is -0.165. The molecule has 2 aromatic rings. The quantitative estimate of drug-likeness (QED) is 0.887. The monoisotopic (exact) mass is 381 g/mol. The molecule has 1 aliphatic rings. The van der Waals surface area contributed by atoms with Crippen molar-refractivity contribution in [3.63, 3.8) is 0 Å². The van der Waals surface area contributed by atoms with E-state index in [0.29, 0.717) is 30.2 Å². The van der Waals surface area contributed by atoms with Crippen LogP contribution in [0.3, 0.4) is 0 Å². The van der Waals surface area contributed by atoms with E-state index in [1.807, 2.05) is 18.2 Å². The smallest absolute Gasteiger partial charge is 0.255 e. The SMILES string of the molecule is Cl.NC1CCCN(C(=O)c2ccc(=O)n(Cc3ccccc3Cl)c2)C1. The van der Waals surface area contributed by atoms with Crippen LogP contribution in [0.25, 0.3) is 0 Å². The van der Waals surface area contributed by atoms with Crippen LogP contribution in [0.4, 0.5) is 0 Å². The van der Waals surface area contributed by atoms with Crippen LogP contribution in [0, 0.1) is 0 Å². The molecule has 3 rings (SSSR count). The van der Waals surface area contributed by atoms with Crippen LogP contribution in [0.2, 0.25) is 5.02 Å². The Balaban J connectivity index is 0.00000225. The summed E-state index contributed by atoms with van der Waals surface area (Å²) in [5, 5.41) is 0.600. The molecule has 1 unspecified atom stereocenters. The molecule has 25 heavy (non-hydrogen) atoms. The molecule has 0 aliphatic carbocycles. The highest BCUT2D eigenvalue weighted by atomic mass is 35.5. The maximum atomic E-state index is 12.7. The lowest BCUT2D eigenvalue weighted by Gasteiger charge is -2.30. The van der Waals surface area contributed by atoms with Gasteiger partial charge in [-0.15, -0.1) is 12.4 Å². The molecule has 0 radical (unpaired) electrons. The van der Waals surface area contributed by atoms with Gasteiger partial charge in [0.25, 0.3) is 11.5 Å². The zero-order valence-electron chi connectivity index (χ0n) is 13.7. The second-order valence-electron chi connectivity index (χ2n) is 6.13. The van der Waals surface area contributed by atoms with Gasteiger partial charge >= 0.3 is 0 Å². The van der Waals surface area contributed by atoms with Crippen LogP contribution in [-0.4, -0.2) is 34.5 Å². The van der Waals surface area contributed by atoms with Crippen LogP contribution < -0.4 is 11.3 Å². The van der Waals surface area contributed by atoms with Gasteiger partial charge in [0, 0.05) is 36.4 Å². The number of amides is 1. The third-order valence-corrected chi connectivity index (χ3v) is 4.64. The van der Waals surface area contributed by atoms with Crippen molar-refractivity contribution >= 4 is 29.9 Å². The zero-order chi connectivity index (χ0) is 17.1. The van der Waals surface area contributed by atoms with E-state index in [0.717, 1.165) is 18.4 Å². The average Bonchev–Trinajstić information content (AvgIpc) is 2.58. The van der Waals surface area contributed by atoms with Crippen molar-refractivity contribution in [1.29, 1.82) is 0 Å². The fourth-order valence-electron chi connectivity index (χ4n) is 2.97. The first-order valence-corrected chi connectivity index (χ1v) is 8.41. The van der Waals surface area contributed by atoms with Crippen LogP contribution in [0.15, 0.2) is 47.4 Å². The Bertz CT molecular complexity index is 807. The summed E-state index contributed by atoms with van der Waals surface area (Å²) in [6.45, 7) is 1.60. The van der Waals surface area contributed by atoms with Gasteiger partial charge in [0.05, 0.1) is 12.1 Å². The Labute approximate surface area is 157 Å². The van der Waals surface area contributed by atoms with Crippen molar-refractivity contribution < 1.29 is 4.79 Å². The molecule has 1 amide bonds. The van der Waals surface area contributed by atoms with Crippen molar-refractivity contribution in [2.45, 2.75) is 25.4 Å². The lowest BCUT2D eigenvalue weighted by atomic mass is 10.1. The van der Waals surface area contributed by atoms with Gasteiger partial charge in [0.15, 0.2) is 0 Å². The molecule has 5 nitrogen and oxygen atoms in total. The maximum Gasteiger partial charge on any atom is 0.255 e. The lowest BCUT2D eigenvalue weighted by molar-refractivity contribution is 0.0708. The lowest BCUT2D eigenvalue weighted by Crippen LogP contribution is -2.45. The number of halogens is 2. The molecule has 1 saturated heterocycles. The summed E-state index contributed by atoms with van der Waals surface area (Å²) < 4.78 is 1.51. The molecule has 7 heteroatoms. The third kappa shape index (κ3) is 4.63. The summed E-state index contributed by atoms with van der Waals surface area (Å²) in [5.74, 6) is -0.0851. The molecule has 0 spiro atoms. The number of benzene rings is 1. The summed E-state index contributed by atoms with van der Waals surface area (Å²) in [7, 11) is 0. The second kappa shape index (κ2) is 8.52. The van der Waals surface area contributed by atoms with Crippen molar-refractivity contribution in [2.24, 2.45) is 5.73 Å². The number of likely N-dealkylation sites (tertiary alicyclic amines) is 1. The predicted molar refractivity (Wildman–Crippen MR) is 102 cm³/mol. The molecule has 1 aliphatic heterocycles. The first kappa shape index (κ1) is 19.5. The van der Waals surface area contributed by atoms with Gasteiger partial charge in [-0.05, 0) is 30.5 Å². The second-order valence-corrected chi connectivity index (χ2v) is 6.54. The van der Waals surface area contributed by atoms with Crippen molar-refractivity contribution in [1.82, 2.24) is 9.47 Å². The molecule has 0 bridgehead atoms. The summed E-state index contributed by atoms with van der Waals surface area (Å²) >= 11 is 6.16. The van der Waals surface area contributed by atoms with E-state index in [1.54, 1.807) is 23.2 Å². The number of carbonyl (C=O) groups excluding carboxylic acids is 1. The van der Waals surface area contributed by atoms with Gasteiger partial charge in [-0.3, -0.25) is 9.59 Å². The fourth-order valence-corrected chi connectivity index (χ4v) is 3.16. The molecule has 2 heterocycles. The van der Waals surface area contributed by atoms with E-state index in [9.17, 15) is 9.59 Å². The first-order chi connectivity index (χ1) is 11.5. The van der Waals surface area contributed by atoms with E-state index < -0.39 is 0 Å². The fraction of sp³-hybridized carbons (Fsp3) is 0.333. The number of hydrogen-bond donors (Lipinski definition) is 1. The summed E-state index contributed by atoms with van der Waals surface area (Å²) in [5.41, 5.74) is 7.12. The highest BCUT2D eigenvalue weighted by Gasteiger charge is 2.22. The van der Waals surface area contributed by atoms with Crippen LogP contribution in [0.1, 0.15) is 28.8 Å². The van der Waals surface area contributed by atoms with Crippen molar-refractivity contribution in [3.05, 3.63) is 69.1 Å². The average molecular weight is 382 g/mol. The Kier molecular flexibility index (Phi) is 6.64. The molecule has 1 aromatic carbocycles. The molecule has 134 valence electrons. The molecule has 1 aromatic heterocycles. The van der Waals surface area contributed by atoms with E-state index >= 15 is 0 Å². The van der Waals surface area contributed by atoms with Gasteiger partial charge in [0.1, 0.15) is 0 Å². The number of nitrogens with zero attached hydrogens (tertiary/aromatic N) is 2. The van der Waals surface area contributed by atoms with E-state index in [1.165, 1.54) is 10.6 Å². The topological polar surface area (TPSA) is 68.3 Å². The summed E-state index contributed by atoms with van der Waals surface area (Å²) in [4.78, 5) is 26.5. The van der Waals surface area contributed by atoms with Crippen LogP contribution in [-0.2, 0) is 6.54 Å². The number of rotatable bonds is 3. The van der Waals surface area contributed by atoms with E-state index in [-0.39, 0.29) is 29.9 Å². The van der Waals surface area contributed by atoms with Crippen molar-refractivity contribution in [2.75, 3.05) is 13.1 Å². The zero-order valence-corrected chi connectivity index (χ0v) is 15.3. The van der Waals surface area contributed by atoms with Gasteiger partial charge in [-0.25, -0.2) is 0 Å². The Morgan fingerprint density at radius 2 is 2.00 bits per heavy atom.